The summed E-state index contributed by atoms with van der Waals surface area (Å²) in [5, 5.41) is 14.0. The lowest BCUT2D eigenvalue weighted by Gasteiger charge is -2.20. The van der Waals surface area contributed by atoms with Gasteiger partial charge in [-0.25, -0.2) is 0 Å². The summed E-state index contributed by atoms with van der Waals surface area (Å²) in [6.45, 7) is 0. The minimum atomic E-state index is -0.353. The second kappa shape index (κ2) is 7.44. The van der Waals surface area contributed by atoms with Crippen molar-refractivity contribution in [1.29, 1.82) is 5.26 Å². The van der Waals surface area contributed by atoms with Crippen molar-refractivity contribution in [2.24, 2.45) is 5.92 Å². The minimum absolute atomic E-state index is 0.0511. The summed E-state index contributed by atoms with van der Waals surface area (Å²) in [4.78, 5) is 23.5. The van der Waals surface area contributed by atoms with Crippen LogP contribution in [0.25, 0.3) is 0 Å². The maximum absolute atomic E-state index is 12.2. The average Bonchev–Trinajstić information content (AvgIpc) is 2.48. The summed E-state index contributed by atoms with van der Waals surface area (Å²) in [5.41, 5.74) is 1.25. The number of carbonyl (C=O) groups excluding carboxylic acids is 2. The standard InChI is InChI=1S/C16H19N3O2/c17-10-9-15(20)18-13-7-4-8-14(11-13)19-16(21)12-5-2-1-3-6-12/h4,7-8,11-12H,1-3,5-6,9H2,(H,18,20)(H,19,21). The number of benzene rings is 1. The van der Waals surface area contributed by atoms with E-state index in [1.54, 1.807) is 30.3 Å². The van der Waals surface area contributed by atoms with Crippen molar-refractivity contribution in [2.75, 3.05) is 10.6 Å². The third-order valence-electron chi connectivity index (χ3n) is 3.63. The van der Waals surface area contributed by atoms with Crippen LogP contribution in [0.2, 0.25) is 0 Å². The van der Waals surface area contributed by atoms with Crippen LogP contribution in [0.15, 0.2) is 24.3 Å². The van der Waals surface area contributed by atoms with Gasteiger partial charge in [0.05, 0.1) is 6.07 Å². The molecule has 1 aliphatic rings. The number of amides is 2. The van der Waals surface area contributed by atoms with Crippen LogP contribution in [-0.2, 0) is 9.59 Å². The summed E-state index contributed by atoms with van der Waals surface area (Å²) in [5.74, 6) is -0.209. The number of carbonyl (C=O) groups is 2. The first-order valence-electron chi connectivity index (χ1n) is 7.27. The van der Waals surface area contributed by atoms with Crippen molar-refractivity contribution in [3.63, 3.8) is 0 Å². The van der Waals surface area contributed by atoms with Gasteiger partial charge in [-0.3, -0.25) is 9.59 Å². The number of hydrogen-bond donors (Lipinski definition) is 2. The molecule has 1 saturated carbocycles. The Bertz CT molecular complexity index is 557. The molecule has 110 valence electrons. The number of nitrogens with one attached hydrogen (secondary N) is 2. The molecule has 1 aromatic rings. The Hall–Kier alpha value is -2.35. The Morgan fingerprint density at radius 1 is 1.14 bits per heavy atom. The zero-order valence-corrected chi connectivity index (χ0v) is 11.9. The van der Waals surface area contributed by atoms with E-state index in [1.807, 2.05) is 0 Å². The lowest BCUT2D eigenvalue weighted by atomic mass is 9.88. The Labute approximate surface area is 124 Å². The van der Waals surface area contributed by atoms with Crippen LogP contribution in [0.4, 0.5) is 11.4 Å². The molecule has 21 heavy (non-hydrogen) atoms. The molecular formula is C16H19N3O2. The fraction of sp³-hybridized carbons (Fsp3) is 0.438. The predicted molar refractivity (Wildman–Crippen MR) is 80.5 cm³/mol. The first-order valence-corrected chi connectivity index (χ1v) is 7.27. The van der Waals surface area contributed by atoms with Crippen molar-refractivity contribution in [3.05, 3.63) is 24.3 Å². The molecule has 0 unspecified atom stereocenters. The number of rotatable bonds is 4. The number of hydrogen-bond acceptors (Lipinski definition) is 3. The molecule has 1 aliphatic carbocycles. The van der Waals surface area contributed by atoms with Crippen LogP contribution in [0.5, 0.6) is 0 Å². The summed E-state index contributed by atoms with van der Waals surface area (Å²) in [6, 6.07) is 8.78. The molecule has 0 saturated heterocycles. The SMILES string of the molecule is N#CCC(=O)Nc1cccc(NC(=O)C2CCCCC2)c1. The molecule has 1 fully saturated rings. The van der Waals surface area contributed by atoms with E-state index in [4.69, 9.17) is 5.26 Å². The number of anilines is 2. The summed E-state index contributed by atoms with van der Waals surface area (Å²) in [7, 11) is 0. The van der Waals surface area contributed by atoms with Gasteiger partial charge in [0.1, 0.15) is 6.42 Å². The third kappa shape index (κ3) is 4.60. The molecule has 0 spiro atoms. The van der Waals surface area contributed by atoms with E-state index in [-0.39, 0.29) is 24.2 Å². The largest absolute Gasteiger partial charge is 0.326 e. The molecular weight excluding hydrogens is 266 g/mol. The highest BCUT2D eigenvalue weighted by Gasteiger charge is 2.21. The van der Waals surface area contributed by atoms with Crippen LogP contribution < -0.4 is 10.6 Å². The molecule has 1 aromatic carbocycles. The first kappa shape index (κ1) is 15.0. The van der Waals surface area contributed by atoms with Gasteiger partial charge in [-0.15, -0.1) is 0 Å². The molecule has 2 N–H and O–H groups in total. The monoisotopic (exact) mass is 285 g/mol. The van der Waals surface area contributed by atoms with Crippen LogP contribution in [0, 0.1) is 17.2 Å². The lowest BCUT2D eigenvalue weighted by Crippen LogP contribution is -2.24. The second-order valence-corrected chi connectivity index (χ2v) is 5.29. The van der Waals surface area contributed by atoms with Crippen LogP contribution in [0.1, 0.15) is 38.5 Å². The molecule has 0 atom stereocenters. The zero-order chi connectivity index (χ0) is 15.1. The molecule has 2 amide bonds. The van der Waals surface area contributed by atoms with Crippen LogP contribution in [-0.4, -0.2) is 11.8 Å². The molecule has 0 radical (unpaired) electrons. The van der Waals surface area contributed by atoms with E-state index in [1.165, 1.54) is 6.42 Å². The van der Waals surface area contributed by atoms with Crippen molar-refractivity contribution in [2.45, 2.75) is 38.5 Å². The van der Waals surface area contributed by atoms with Crippen molar-refractivity contribution >= 4 is 23.2 Å². The van der Waals surface area contributed by atoms with Crippen molar-refractivity contribution in [1.82, 2.24) is 0 Å². The second-order valence-electron chi connectivity index (χ2n) is 5.29. The van der Waals surface area contributed by atoms with E-state index in [0.717, 1.165) is 25.7 Å². The predicted octanol–water partition coefficient (Wildman–Crippen LogP) is 3.06. The van der Waals surface area contributed by atoms with Gasteiger partial charge in [-0.05, 0) is 31.0 Å². The van der Waals surface area contributed by atoms with E-state index in [0.29, 0.717) is 11.4 Å². The van der Waals surface area contributed by atoms with Gasteiger partial charge in [0.25, 0.3) is 0 Å². The highest BCUT2D eigenvalue weighted by molar-refractivity contribution is 5.95. The van der Waals surface area contributed by atoms with E-state index >= 15 is 0 Å². The molecule has 0 aliphatic heterocycles. The minimum Gasteiger partial charge on any atom is -0.326 e. The van der Waals surface area contributed by atoms with Gasteiger partial charge < -0.3 is 10.6 Å². The number of nitrogens with zero attached hydrogens (tertiary/aromatic N) is 1. The molecule has 0 bridgehead atoms. The quantitative estimate of drug-likeness (QED) is 0.892. The van der Waals surface area contributed by atoms with Gasteiger partial charge in [0.2, 0.25) is 11.8 Å². The topological polar surface area (TPSA) is 82.0 Å². The van der Waals surface area contributed by atoms with Crippen LogP contribution in [0.3, 0.4) is 0 Å². The smallest absolute Gasteiger partial charge is 0.238 e. The third-order valence-corrected chi connectivity index (χ3v) is 3.63. The summed E-state index contributed by atoms with van der Waals surface area (Å²) < 4.78 is 0. The van der Waals surface area contributed by atoms with Crippen LogP contribution >= 0.6 is 0 Å². The summed E-state index contributed by atoms with van der Waals surface area (Å²) >= 11 is 0. The fourth-order valence-corrected chi connectivity index (χ4v) is 2.56. The molecule has 0 heterocycles. The van der Waals surface area contributed by atoms with Gasteiger partial charge in [0.15, 0.2) is 0 Å². The lowest BCUT2D eigenvalue weighted by molar-refractivity contribution is -0.120. The highest BCUT2D eigenvalue weighted by atomic mass is 16.2. The molecule has 0 aromatic heterocycles. The van der Waals surface area contributed by atoms with Gasteiger partial charge >= 0.3 is 0 Å². The first-order chi connectivity index (χ1) is 10.2. The van der Waals surface area contributed by atoms with Gasteiger partial charge in [0, 0.05) is 17.3 Å². The van der Waals surface area contributed by atoms with E-state index in [9.17, 15) is 9.59 Å². The Kier molecular flexibility index (Phi) is 5.33. The maximum atomic E-state index is 12.2. The Morgan fingerprint density at radius 3 is 2.48 bits per heavy atom. The maximum Gasteiger partial charge on any atom is 0.238 e. The molecule has 5 nitrogen and oxygen atoms in total. The van der Waals surface area contributed by atoms with Crippen molar-refractivity contribution < 1.29 is 9.59 Å². The highest BCUT2D eigenvalue weighted by Crippen LogP contribution is 2.25. The van der Waals surface area contributed by atoms with E-state index in [2.05, 4.69) is 10.6 Å². The van der Waals surface area contributed by atoms with Gasteiger partial charge in [-0.2, -0.15) is 5.26 Å². The Balaban J connectivity index is 1.95. The molecule has 5 heteroatoms. The molecule has 2 rings (SSSR count). The normalized spacial score (nSPS) is 15.0. The Morgan fingerprint density at radius 2 is 1.81 bits per heavy atom. The van der Waals surface area contributed by atoms with E-state index < -0.39 is 0 Å². The fourth-order valence-electron chi connectivity index (χ4n) is 2.56. The van der Waals surface area contributed by atoms with Gasteiger partial charge in [-0.1, -0.05) is 25.3 Å². The van der Waals surface area contributed by atoms with Crippen molar-refractivity contribution in [3.8, 4) is 6.07 Å². The zero-order valence-electron chi connectivity index (χ0n) is 11.9. The average molecular weight is 285 g/mol. The summed E-state index contributed by atoms with van der Waals surface area (Å²) in [6.07, 6.45) is 5.16. The number of nitriles is 1.